The van der Waals surface area contributed by atoms with E-state index in [1.807, 2.05) is 31.2 Å². The maximum absolute atomic E-state index is 12.1. The Bertz CT molecular complexity index is 541. The molecule has 1 amide bonds. The van der Waals surface area contributed by atoms with Gasteiger partial charge in [0.05, 0.1) is 6.04 Å². The van der Waals surface area contributed by atoms with Crippen LogP contribution in [0.2, 0.25) is 0 Å². The lowest BCUT2D eigenvalue weighted by atomic mass is 10.1. The van der Waals surface area contributed by atoms with Gasteiger partial charge in [0.2, 0.25) is 0 Å². The van der Waals surface area contributed by atoms with Crippen LogP contribution in [-0.4, -0.2) is 27.4 Å². The van der Waals surface area contributed by atoms with Gasteiger partial charge in [0.1, 0.15) is 0 Å². The van der Waals surface area contributed by atoms with Crippen molar-refractivity contribution >= 4 is 23.1 Å². The largest absolute Gasteiger partial charge is 0.399 e. The van der Waals surface area contributed by atoms with E-state index >= 15 is 0 Å². The molecule has 2 N–H and O–H groups in total. The SMILES string of the molecule is CC(c1cccc(N)c1)N(C)C(=O)c1csnn1. The van der Waals surface area contributed by atoms with Gasteiger partial charge >= 0.3 is 0 Å². The van der Waals surface area contributed by atoms with Crippen molar-refractivity contribution in [1.29, 1.82) is 0 Å². The predicted molar refractivity (Wildman–Crippen MR) is 71.3 cm³/mol. The Balaban J connectivity index is 2.18. The minimum Gasteiger partial charge on any atom is -0.399 e. The van der Waals surface area contributed by atoms with E-state index in [4.69, 9.17) is 5.73 Å². The summed E-state index contributed by atoms with van der Waals surface area (Å²) in [4.78, 5) is 13.7. The highest BCUT2D eigenvalue weighted by Crippen LogP contribution is 2.22. The fourth-order valence-electron chi connectivity index (χ4n) is 1.66. The Labute approximate surface area is 109 Å². The fraction of sp³-hybridized carbons (Fsp3) is 0.250. The summed E-state index contributed by atoms with van der Waals surface area (Å²) in [5.74, 6) is -0.140. The van der Waals surface area contributed by atoms with Crippen LogP contribution in [0.1, 0.15) is 29.0 Å². The standard InChI is InChI=1S/C12H14N4OS/c1-8(9-4-3-5-10(13)6-9)16(2)12(17)11-7-18-15-14-11/h3-8H,13H2,1-2H3. The van der Waals surface area contributed by atoms with Gasteiger partial charge in [0.25, 0.3) is 5.91 Å². The molecule has 5 nitrogen and oxygen atoms in total. The molecular weight excluding hydrogens is 248 g/mol. The van der Waals surface area contributed by atoms with Crippen molar-refractivity contribution in [1.82, 2.24) is 14.5 Å². The first-order valence-corrected chi connectivity index (χ1v) is 6.33. The molecule has 0 fully saturated rings. The summed E-state index contributed by atoms with van der Waals surface area (Å²) in [5, 5.41) is 5.43. The summed E-state index contributed by atoms with van der Waals surface area (Å²) in [6.07, 6.45) is 0. The monoisotopic (exact) mass is 262 g/mol. The van der Waals surface area contributed by atoms with Crippen LogP contribution < -0.4 is 5.73 Å². The highest BCUT2D eigenvalue weighted by atomic mass is 32.1. The second kappa shape index (κ2) is 5.14. The smallest absolute Gasteiger partial charge is 0.275 e. The van der Waals surface area contributed by atoms with Crippen molar-refractivity contribution < 1.29 is 4.79 Å². The van der Waals surface area contributed by atoms with Crippen LogP contribution >= 0.6 is 11.5 Å². The van der Waals surface area contributed by atoms with Crippen LogP contribution in [-0.2, 0) is 0 Å². The first-order valence-electron chi connectivity index (χ1n) is 5.49. The molecular formula is C12H14N4OS. The van der Waals surface area contributed by atoms with E-state index in [0.29, 0.717) is 11.4 Å². The second-order valence-corrected chi connectivity index (χ2v) is 4.66. The van der Waals surface area contributed by atoms with E-state index in [0.717, 1.165) is 5.56 Å². The molecule has 0 spiro atoms. The Morgan fingerprint density at radius 1 is 1.50 bits per heavy atom. The summed E-state index contributed by atoms with van der Waals surface area (Å²) in [6.45, 7) is 1.95. The topological polar surface area (TPSA) is 72.1 Å². The van der Waals surface area contributed by atoms with Crippen molar-refractivity contribution in [3.05, 3.63) is 40.9 Å². The number of nitrogen functional groups attached to an aromatic ring is 1. The molecule has 1 heterocycles. The van der Waals surface area contributed by atoms with Crippen LogP contribution in [0.5, 0.6) is 0 Å². The lowest BCUT2D eigenvalue weighted by Gasteiger charge is -2.24. The molecule has 6 heteroatoms. The molecule has 1 atom stereocenters. The van der Waals surface area contributed by atoms with E-state index in [2.05, 4.69) is 9.59 Å². The minimum absolute atomic E-state index is 0.0669. The summed E-state index contributed by atoms with van der Waals surface area (Å²) in [5.41, 5.74) is 7.80. The molecule has 0 aliphatic rings. The van der Waals surface area contributed by atoms with Crippen molar-refractivity contribution in [2.75, 3.05) is 12.8 Å². The number of rotatable bonds is 3. The van der Waals surface area contributed by atoms with Crippen molar-refractivity contribution in [3.8, 4) is 0 Å². The molecule has 0 bridgehead atoms. The van der Waals surface area contributed by atoms with Gasteiger partial charge < -0.3 is 10.6 Å². The molecule has 0 radical (unpaired) electrons. The van der Waals surface area contributed by atoms with Gasteiger partial charge in [-0.15, -0.1) is 5.10 Å². The summed E-state index contributed by atoms with van der Waals surface area (Å²) >= 11 is 1.17. The first kappa shape index (κ1) is 12.5. The number of carbonyl (C=O) groups excluding carboxylic acids is 1. The van der Waals surface area contributed by atoms with E-state index in [1.165, 1.54) is 11.5 Å². The fourth-order valence-corrected chi connectivity index (χ4v) is 2.09. The van der Waals surface area contributed by atoms with Gasteiger partial charge in [-0.1, -0.05) is 16.6 Å². The number of hydrogen-bond acceptors (Lipinski definition) is 5. The summed E-state index contributed by atoms with van der Waals surface area (Å²) < 4.78 is 3.70. The van der Waals surface area contributed by atoms with Crippen LogP contribution in [0, 0.1) is 0 Å². The Morgan fingerprint density at radius 2 is 2.28 bits per heavy atom. The first-order chi connectivity index (χ1) is 8.59. The number of carbonyl (C=O) groups is 1. The number of hydrogen-bond donors (Lipinski definition) is 1. The van der Waals surface area contributed by atoms with Crippen molar-refractivity contribution in [2.24, 2.45) is 0 Å². The lowest BCUT2D eigenvalue weighted by molar-refractivity contribution is 0.0736. The molecule has 0 aliphatic heterocycles. The normalized spacial score (nSPS) is 12.1. The third kappa shape index (κ3) is 2.48. The van der Waals surface area contributed by atoms with Gasteiger partial charge in [-0.2, -0.15) is 0 Å². The maximum Gasteiger partial charge on any atom is 0.275 e. The van der Waals surface area contributed by atoms with Crippen LogP contribution in [0.3, 0.4) is 0 Å². The van der Waals surface area contributed by atoms with Gasteiger partial charge in [-0.25, -0.2) is 0 Å². The maximum atomic E-state index is 12.1. The lowest BCUT2D eigenvalue weighted by Crippen LogP contribution is -2.30. The molecule has 0 saturated heterocycles. The average molecular weight is 262 g/mol. The summed E-state index contributed by atoms with van der Waals surface area (Å²) in [6, 6.07) is 7.45. The molecule has 1 aromatic carbocycles. The van der Waals surface area contributed by atoms with E-state index in [-0.39, 0.29) is 11.9 Å². The molecule has 2 aromatic rings. The van der Waals surface area contributed by atoms with Crippen LogP contribution in [0.4, 0.5) is 5.69 Å². The number of nitrogens with zero attached hydrogens (tertiary/aromatic N) is 3. The van der Waals surface area contributed by atoms with Crippen LogP contribution in [0.15, 0.2) is 29.6 Å². The third-order valence-corrected chi connectivity index (χ3v) is 3.38. The highest BCUT2D eigenvalue weighted by molar-refractivity contribution is 7.03. The van der Waals surface area contributed by atoms with Gasteiger partial charge in [0.15, 0.2) is 5.69 Å². The molecule has 1 aromatic heterocycles. The number of nitrogens with two attached hydrogens (primary N) is 1. The Morgan fingerprint density at radius 3 is 2.89 bits per heavy atom. The zero-order valence-electron chi connectivity index (χ0n) is 10.2. The second-order valence-electron chi connectivity index (χ2n) is 4.05. The number of benzene rings is 1. The van der Waals surface area contributed by atoms with E-state index in [1.54, 1.807) is 17.3 Å². The Hall–Kier alpha value is -1.95. The quantitative estimate of drug-likeness (QED) is 0.858. The molecule has 1 unspecified atom stereocenters. The highest BCUT2D eigenvalue weighted by Gasteiger charge is 2.20. The average Bonchev–Trinajstić information content (AvgIpc) is 2.90. The molecule has 0 saturated carbocycles. The third-order valence-electron chi connectivity index (χ3n) is 2.87. The number of amides is 1. The molecule has 18 heavy (non-hydrogen) atoms. The van der Waals surface area contributed by atoms with Gasteiger partial charge in [-0.05, 0) is 36.2 Å². The minimum atomic E-state index is -0.140. The van der Waals surface area contributed by atoms with Gasteiger partial charge in [0, 0.05) is 18.1 Å². The zero-order chi connectivity index (χ0) is 13.1. The number of anilines is 1. The van der Waals surface area contributed by atoms with Crippen molar-refractivity contribution in [3.63, 3.8) is 0 Å². The predicted octanol–water partition coefficient (Wildman–Crippen LogP) is 1.95. The zero-order valence-corrected chi connectivity index (χ0v) is 11.0. The number of aromatic nitrogens is 2. The molecule has 94 valence electrons. The van der Waals surface area contributed by atoms with E-state index < -0.39 is 0 Å². The van der Waals surface area contributed by atoms with E-state index in [9.17, 15) is 4.79 Å². The molecule has 2 rings (SSSR count). The molecule has 0 aliphatic carbocycles. The van der Waals surface area contributed by atoms with Crippen molar-refractivity contribution in [2.45, 2.75) is 13.0 Å². The summed E-state index contributed by atoms with van der Waals surface area (Å²) in [7, 11) is 1.75. The van der Waals surface area contributed by atoms with Gasteiger partial charge in [-0.3, -0.25) is 4.79 Å². The van der Waals surface area contributed by atoms with Crippen LogP contribution in [0.25, 0.3) is 0 Å². The Kier molecular flexibility index (Phi) is 3.57.